The van der Waals surface area contributed by atoms with Crippen molar-refractivity contribution < 1.29 is 133 Å². The number of benzene rings is 4. The molecule has 4 saturated heterocycles. The third kappa shape index (κ3) is 19.0. The van der Waals surface area contributed by atoms with Crippen molar-refractivity contribution in [1.29, 1.82) is 0 Å². The minimum Gasteiger partial charge on any atom is -0.493 e. The van der Waals surface area contributed by atoms with Crippen molar-refractivity contribution in [3.8, 4) is 17.2 Å². The molecule has 39 heteroatoms. The zero-order chi connectivity index (χ0) is 77.8. The molecule has 4 aromatic carbocycles. The largest absolute Gasteiger partial charge is 0.493 e. The number of nitrogens with two attached hydrogens (primary N) is 2. The molecule has 25 atom stereocenters. The van der Waals surface area contributed by atoms with Gasteiger partial charge in [-0.3, -0.25) is 38.8 Å². The molecule has 0 spiro atoms. The van der Waals surface area contributed by atoms with Crippen LogP contribution >= 0.6 is 0 Å². The fourth-order valence-corrected chi connectivity index (χ4v) is 13.2. The van der Waals surface area contributed by atoms with Crippen LogP contribution in [-0.2, 0) is 72.1 Å². The quantitative estimate of drug-likeness (QED) is 0.0310. The number of hydrogen-bond acceptors (Lipinski definition) is 33. The van der Waals surface area contributed by atoms with Crippen molar-refractivity contribution >= 4 is 47.4 Å². The second-order valence-corrected chi connectivity index (χ2v) is 26.6. The maximum absolute atomic E-state index is 15.2. The maximum Gasteiger partial charge on any atom is 0.246 e. The van der Waals surface area contributed by atoms with Crippen LogP contribution in [0.5, 0.6) is 17.2 Å². The molecule has 4 aromatic rings. The number of ether oxygens (including phenoxy) is 8. The second-order valence-electron chi connectivity index (χ2n) is 26.6. The number of carbonyl (C=O) groups is 6. The molecule has 0 radical (unpaired) electrons. The van der Waals surface area contributed by atoms with Gasteiger partial charge in [0.1, 0.15) is 128 Å². The number of guanidine groups is 2. The Bertz CT molecular complexity index is 3760. The molecule has 10 rings (SSSR count). The molecule has 108 heavy (non-hydrogen) atoms. The Balaban J connectivity index is 0.876. The fraction of sp³-hybridized carbons (Fsp3) is 0.536. The molecular formula is C69H92N12O27. The first kappa shape index (κ1) is 81.4. The third-order valence-electron chi connectivity index (χ3n) is 19.4. The molecule has 6 aliphatic rings. The molecule has 0 saturated carbocycles. The summed E-state index contributed by atoms with van der Waals surface area (Å²) in [5, 5.41) is 162. The van der Waals surface area contributed by atoms with Gasteiger partial charge in [0.25, 0.3) is 0 Å². The van der Waals surface area contributed by atoms with Crippen molar-refractivity contribution in [1.82, 2.24) is 42.1 Å². The number of nitrogens with one attached hydrogen (secondary N) is 7. The van der Waals surface area contributed by atoms with E-state index in [4.69, 9.17) is 49.4 Å². The van der Waals surface area contributed by atoms with E-state index in [1.165, 1.54) is 31.4 Å². The number of nitrogens with zero attached hydrogens (tertiary/aromatic N) is 3. The first-order chi connectivity index (χ1) is 51.7. The lowest BCUT2D eigenvalue weighted by Gasteiger charge is -2.46. The van der Waals surface area contributed by atoms with Crippen LogP contribution in [0.25, 0.3) is 0 Å². The molecule has 0 aliphatic carbocycles. The minimum absolute atomic E-state index is 0.0768. The Morgan fingerprint density at radius 3 is 1.81 bits per heavy atom. The van der Waals surface area contributed by atoms with Crippen LogP contribution in [0.2, 0.25) is 0 Å². The Kier molecular flexibility index (Phi) is 27.8. The molecule has 590 valence electrons. The molecule has 24 N–H and O–H groups in total. The van der Waals surface area contributed by atoms with E-state index in [0.29, 0.717) is 22.6 Å². The van der Waals surface area contributed by atoms with Gasteiger partial charge in [-0.15, -0.1) is 0 Å². The van der Waals surface area contributed by atoms with E-state index >= 15 is 9.59 Å². The number of methoxy groups -OCH3 is 1. The van der Waals surface area contributed by atoms with Gasteiger partial charge in [0.15, 0.2) is 35.9 Å². The number of aliphatic hydroxyl groups is 13. The third-order valence-corrected chi connectivity index (χ3v) is 19.4. The number of rotatable bonds is 24. The topological polar surface area (TPSA) is 603 Å². The maximum atomic E-state index is 15.2. The smallest absolute Gasteiger partial charge is 0.246 e. The molecule has 4 fully saturated rings. The normalized spacial score (nSPS) is 33.4. The van der Waals surface area contributed by atoms with Gasteiger partial charge in [-0.1, -0.05) is 85.8 Å². The van der Waals surface area contributed by atoms with Crippen molar-refractivity contribution in [3.63, 3.8) is 0 Å². The van der Waals surface area contributed by atoms with E-state index < -0.39 is 240 Å². The number of carbonyl (C=O) groups excluding carboxylic acids is 6. The van der Waals surface area contributed by atoms with Gasteiger partial charge in [0.2, 0.25) is 41.7 Å². The Labute approximate surface area is 616 Å². The van der Waals surface area contributed by atoms with Gasteiger partial charge >= 0.3 is 0 Å². The van der Waals surface area contributed by atoms with E-state index in [-0.39, 0.29) is 37.0 Å². The van der Waals surface area contributed by atoms with Gasteiger partial charge in [0.05, 0.1) is 71.9 Å². The molecule has 0 bridgehead atoms. The predicted molar refractivity (Wildman–Crippen MR) is 369 cm³/mol. The van der Waals surface area contributed by atoms with Gasteiger partial charge in [0, 0.05) is 12.3 Å². The summed E-state index contributed by atoms with van der Waals surface area (Å²) in [6.07, 6.45) is -31.3. The standard InChI is InChI=1S/C69H92N12O27/c1-30(34-11-7-4-8-12-34)46-62(98)75-36(19-31-13-16-35(17-14-31)104-66-57(95)54(92)59(44(27-85)107-66)108-67-56(94)53(91)58(43(26-84)106-67)103-29-33-15-18-40(101-2)41(20-33)102-28-32-9-5-3-6-10-32)61(97)79-47(49(87)37-21-73-68(70)77-37)64(100)80-48(63(99)76-38(24-82)60(96)72-23-45(86)78-46)50(88)39-22-74-69(71)81(39)65-55(93)52(90)51(89)42(25-83)105-65/h3-18,20,30,36-39,42-44,46-59,65-67,82-85,87-95H,19,21-29H2,1-2H3,(H2,71,74)(H,72,96)(H,75,98)(H,76,99)(H,78,86)(H,79,97)(H,80,100)(H3,70,73,77)/t30-,36+,37-,38-,39-,42+,43+,44+,46-,47-,48+,49-,50-,51+,52-,53+,54+,55-,56-,57-,58+,59+,65-,66-,67+/m0/s1. The monoisotopic (exact) mass is 1520 g/mol. The predicted octanol–water partition coefficient (Wildman–Crippen LogP) is -9.80. The van der Waals surface area contributed by atoms with Crippen LogP contribution in [0.15, 0.2) is 113 Å². The van der Waals surface area contributed by atoms with Crippen LogP contribution in [0.3, 0.4) is 0 Å². The molecular weight excluding hydrogens is 1430 g/mol. The molecule has 39 nitrogen and oxygen atoms in total. The summed E-state index contributed by atoms with van der Waals surface area (Å²) in [7, 11) is 1.48. The average molecular weight is 1520 g/mol. The number of amides is 6. The summed E-state index contributed by atoms with van der Waals surface area (Å²) in [6.45, 7) is -3.90. The lowest BCUT2D eigenvalue weighted by Crippen LogP contribution is -2.70. The Morgan fingerprint density at radius 2 is 1.15 bits per heavy atom. The summed E-state index contributed by atoms with van der Waals surface area (Å²) in [5.41, 5.74) is 14.3. The van der Waals surface area contributed by atoms with Crippen molar-refractivity contribution in [3.05, 3.63) is 125 Å². The first-order valence-electron chi connectivity index (χ1n) is 34.6. The van der Waals surface area contributed by atoms with E-state index in [1.807, 2.05) is 30.3 Å². The Hall–Kier alpha value is -9.08. The van der Waals surface area contributed by atoms with E-state index in [9.17, 15) is 85.6 Å². The number of aliphatic hydroxyl groups excluding tert-OH is 13. The molecule has 6 heterocycles. The van der Waals surface area contributed by atoms with Gasteiger partial charge in [-0.05, 0) is 46.5 Å². The van der Waals surface area contributed by atoms with Crippen LogP contribution < -0.4 is 62.9 Å². The highest BCUT2D eigenvalue weighted by Crippen LogP contribution is 2.35. The van der Waals surface area contributed by atoms with Gasteiger partial charge in [-0.2, -0.15) is 0 Å². The fourth-order valence-electron chi connectivity index (χ4n) is 13.2. The van der Waals surface area contributed by atoms with Crippen LogP contribution in [0.4, 0.5) is 0 Å². The summed E-state index contributed by atoms with van der Waals surface area (Å²) >= 11 is 0. The molecule has 0 aromatic heterocycles. The second kappa shape index (κ2) is 36.9. The molecule has 6 amide bonds. The summed E-state index contributed by atoms with van der Waals surface area (Å²) in [5.74, 6) is -8.22. The molecule has 6 aliphatic heterocycles. The Morgan fingerprint density at radius 1 is 0.546 bits per heavy atom. The highest BCUT2D eigenvalue weighted by Gasteiger charge is 2.55. The zero-order valence-corrected chi connectivity index (χ0v) is 58.3. The lowest BCUT2D eigenvalue weighted by atomic mass is 9.92. The highest BCUT2D eigenvalue weighted by atomic mass is 16.7. The number of hydrogen-bond donors (Lipinski definition) is 22. The summed E-state index contributed by atoms with van der Waals surface area (Å²) in [6, 6.07) is 15.2. The lowest BCUT2D eigenvalue weighted by molar-refractivity contribution is -0.355. The van der Waals surface area contributed by atoms with E-state index in [2.05, 4.69) is 47.2 Å². The van der Waals surface area contributed by atoms with E-state index in [0.717, 1.165) is 10.5 Å². The number of aliphatic imine (C=N–C) groups is 2. The van der Waals surface area contributed by atoms with Crippen LogP contribution in [0, 0.1) is 0 Å². The van der Waals surface area contributed by atoms with Crippen LogP contribution in [0.1, 0.15) is 35.1 Å². The van der Waals surface area contributed by atoms with Crippen molar-refractivity contribution in [2.45, 2.75) is 179 Å². The SMILES string of the molecule is COc1ccc(CO[C@H]2[C@H](O)[C@H](O)[C@@H](O[C@H]3[C@H](O)[C@H](O)[C@@H](Oc4ccc(C[C@H]5NC(=O)[C@H]([C@@H](C)c6ccccc6)NC(=O)CNC(=O)[C@H](CO)NC(=O)[C@@H]([C@@H](O)[C@@H]6CN=C(N)N6[C@H]6O[C@H](CO)[C@@H](O)[C@H](O)[C@@H]6O)NC(=O)[C@H]([C@@H](O)[C@@H]6CN=C(N)N6)NC5=O)cc4)O[C@@H]3CO)O[C@@H]2CO)cc1OCc1ccccc1. The van der Waals surface area contributed by atoms with Crippen molar-refractivity contribution in [2.24, 2.45) is 21.5 Å². The average Bonchev–Trinajstić information content (AvgIpc) is 1.45. The first-order valence-corrected chi connectivity index (χ1v) is 34.6. The van der Waals surface area contributed by atoms with Gasteiger partial charge < -0.3 is 158 Å². The van der Waals surface area contributed by atoms with E-state index in [1.54, 1.807) is 55.5 Å². The van der Waals surface area contributed by atoms with Gasteiger partial charge in [-0.25, -0.2) is 0 Å². The highest BCUT2D eigenvalue weighted by molar-refractivity contribution is 5.98. The summed E-state index contributed by atoms with van der Waals surface area (Å²) in [4.78, 5) is 96.8. The van der Waals surface area contributed by atoms with Crippen molar-refractivity contribution in [2.75, 3.05) is 53.2 Å². The van der Waals surface area contributed by atoms with Crippen LogP contribution in [-0.4, -0.2) is 318 Å². The minimum atomic E-state index is -2.36. The zero-order valence-electron chi connectivity index (χ0n) is 58.3. The molecule has 0 unspecified atom stereocenters. The summed E-state index contributed by atoms with van der Waals surface area (Å²) < 4.78 is 46.9.